The van der Waals surface area contributed by atoms with Crippen LogP contribution < -0.4 is 10.5 Å². The van der Waals surface area contributed by atoms with Crippen LogP contribution in [0.3, 0.4) is 0 Å². The quantitative estimate of drug-likeness (QED) is 0.514. The van der Waals surface area contributed by atoms with E-state index >= 15 is 0 Å². The van der Waals surface area contributed by atoms with E-state index in [-0.39, 0.29) is 26.6 Å². The summed E-state index contributed by atoms with van der Waals surface area (Å²) in [6, 6.07) is 5.49. The Morgan fingerprint density at radius 1 is 1.00 bits per heavy atom. The van der Waals surface area contributed by atoms with Gasteiger partial charge in [0.05, 0.1) is 19.5 Å². The molecule has 0 aromatic heterocycles. The molecule has 2 N–H and O–H groups in total. The molecule has 0 aliphatic heterocycles. The summed E-state index contributed by atoms with van der Waals surface area (Å²) in [5, 5.41) is 0.438. The van der Waals surface area contributed by atoms with Crippen molar-refractivity contribution in [1.29, 1.82) is 0 Å². The lowest BCUT2D eigenvalue weighted by Gasteiger charge is -2.12. The molecule has 0 radical (unpaired) electrons. The first-order valence-corrected chi connectivity index (χ1v) is 6.88. The lowest BCUT2D eigenvalue weighted by atomic mass is 10.3. The van der Waals surface area contributed by atoms with Crippen molar-refractivity contribution in [1.82, 2.24) is 0 Å². The van der Waals surface area contributed by atoms with E-state index in [0.717, 1.165) is 6.07 Å². The van der Waals surface area contributed by atoms with Crippen molar-refractivity contribution in [2.45, 2.75) is 0 Å². The Bertz CT molecular complexity index is 628. The van der Waals surface area contributed by atoms with Crippen LogP contribution in [0.5, 0.6) is 11.5 Å². The zero-order chi connectivity index (χ0) is 14.2. The summed E-state index contributed by atoms with van der Waals surface area (Å²) in [5.41, 5.74) is 5.99. The van der Waals surface area contributed by atoms with E-state index in [0.29, 0.717) is 10.2 Å². The molecule has 0 amide bonds. The summed E-state index contributed by atoms with van der Waals surface area (Å²) in [7, 11) is 0. The minimum Gasteiger partial charge on any atom is -0.453 e. The molecule has 0 aliphatic carbocycles. The van der Waals surface area contributed by atoms with Crippen molar-refractivity contribution >= 4 is 56.4 Å². The Morgan fingerprint density at radius 3 is 2.16 bits per heavy atom. The zero-order valence-corrected chi connectivity index (χ0v) is 13.0. The van der Waals surface area contributed by atoms with E-state index in [1.807, 2.05) is 0 Å². The van der Waals surface area contributed by atoms with Gasteiger partial charge in [0.2, 0.25) is 0 Å². The first-order chi connectivity index (χ1) is 8.88. The second kappa shape index (κ2) is 5.75. The van der Waals surface area contributed by atoms with Gasteiger partial charge < -0.3 is 10.5 Å². The van der Waals surface area contributed by atoms with E-state index in [9.17, 15) is 4.39 Å². The lowest BCUT2D eigenvalue weighted by molar-refractivity contribution is 0.474. The second-order valence-electron chi connectivity index (χ2n) is 3.61. The summed E-state index contributed by atoms with van der Waals surface area (Å²) in [6.07, 6.45) is 0. The standard InChI is InChI=1S/C12H6BrCl3FNO/c13-6-3-7(14)10(17)4-11(6)19-12-8(15)1-5(18)2-9(12)16/h1-4H,18H2. The maximum atomic E-state index is 13.4. The highest BCUT2D eigenvalue weighted by Crippen LogP contribution is 2.41. The van der Waals surface area contributed by atoms with Crippen LogP contribution >= 0.6 is 50.7 Å². The molecular formula is C12H6BrCl3FNO. The normalized spacial score (nSPS) is 10.6. The Balaban J connectivity index is 2.45. The van der Waals surface area contributed by atoms with Gasteiger partial charge >= 0.3 is 0 Å². The Labute approximate surface area is 132 Å². The van der Waals surface area contributed by atoms with Crippen molar-refractivity contribution in [3.05, 3.63) is 49.6 Å². The molecule has 2 nitrogen and oxygen atoms in total. The van der Waals surface area contributed by atoms with Gasteiger partial charge in [-0.1, -0.05) is 34.8 Å². The summed E-state index contributed by atoms with van der Waals surface area (Å²) in [6.45, 7) is 0. The molecule has 0 atom stereocenters. The average Bonchev–Trinajstić information content (AvgIpc) is 2.29. The topological polar surface area (TPSA) is 35.2 Å². The summed E-state index contributed by atoms with van der Waals surface area (Å²) in [5.74, 6) is -0.210. The number of ether oxygens (including phenoxy) is 1. The summed E-state index contributed by atoms with van der Waals surface area (Å²) < 4.78 is 19.4. The second-order valence-corrected chi connectivity index (χ2v) is 5.69. The zero-order valence-electron chi connectivity index (χ0n) is 9.18. The average molecular weight is 385 g/mol. The summed E-state index contributed by atoms with van der Waals surface area (Å²) >= 11 is 20.8. The molecule has 2 rings (SSSR count). The Kier molecular flexibility index (Phi) is 4.46. The van der Waals surface area contributed by atoms with E-state index < -0.39 is 5.82 Å². The highest BCUT2D eigenvalue weighted by molar-refractivity contribution is 9.10. The largest absolute Gasteiger partial charge is 0.453 e. The van der Waals surface area contributed by atoms with E-state index in [2.05, 4.69) is 15.9 Å². The molecule has 0 fully saturated rings. The molecule has 0 unspecified atom stereocenters. The minimum atomic E-state index is -0.609. The number of hydrogen-bond acceptors (Lipinski definition) is 2. The van der Waals surface area contributed by atoms with Crippen LogP contribution in [0.25, 0.3) is 0 Å². The van der Waals surface area contributed by atoms with Gasteiger partial charge in [0.25, 0.3) is 0 Å². The number of hydrogen-bond donors (Lipinski definition) is 1. The van der Waals surface area contributed by atoms with Crippen LogP contribution in [0.4, 0.5) is 10.1 Å². The van der Waals surface area contributed by atoms with Gasteiger partial charge in [0.1, 0.15) is 11.6 Å². The molecule has 2 aromatic rings. The molecule has 0 aliphatic rings. The van der Waals surface area contributed by atoms with Gasteiger partial charge in [-0.15, -0.1) is 0 Å². The van der Waals surface area contributed by atoms with Crippen molar-refractivity contribution < 1.29 is 9.13 Å². The minimum absolute atomic E-state index is 0.0197. The molecule has 0 saturated heterocycles. The molecule has 0 saturated carbocycles. The maximum absolute atomic E-state index is 13.4. The molecular weight excluding hydrogens is 379 g/mol. The van der Waals surface area contributed by atoms with Crippen LogP contribution in [0.2, 0.25) is 15.1 Å². The molecule has 0 spiro atoms. The van der Waals surface area contributed by atoms with Crippen molar-refractivity contribution in [3.8, 4) is 11.5 Å². The number of halogens is 5. The lowest BCUT2D eigenvalue weighted by Crippen LogP contribution is -1.92. The van der Waals surface area contributed by atoms with Crippen LogP contribution in [0, 0.1) is 5.82 Å². The molecule has 0 heterocycles. The Hall–Kier alpha value is -0.680. The van der Waals surface area contributed by atoms with Crippen molar-refractivity contribution in [3.63, 3.8) is 0 Å². The van der Waals surface area contributed by atoms with Crippen LogP contribution in [-0.4, -0.2) is 0 Å². The third kappa shape index (κ3) is 3.26. The van der Waals surface area contributed by atoms with Crippen LogP contribution in [0.15, 0.2) is 28.7 Å². The molecule has 100 valence electrons. The van der Waals surface area contributed by atoms with E-state index in [4.69, 9.17) is 45.3 Å². The number of anilines is 1. The van der Waals surface area contributed by atoms with E-state index in [1.54, 1.807) is 0 Å². The molecule has 0 bridgehead atoms. The van der Waals surface area contributed by atoms with Gasteiger partial charge in [-0.3, -0.25) is 0 Å². The Morgan fingerprint density at radius 2 is 1.58 bits per heavy atom. The molecule has 2 aromatic carbocycles. The van der Waals surface area contributed by atoms with Crippen molar-refractivity contribution in [2.24, 2.45) is 0 Å². The number of nitrogen functional groups attached to an aromatic ring is 1. The third-order valence-corrected chi connectivity index (χ3v) is 3.68. The van der Waals surface area contributed by atoms with Gasteiger partial charge in [-0.25, -0.2) is 4.39 Å². The maximum Gasteiger partial charge on any atom is 0.164 e. The number of rotatable bonds is 2. The summed E-state index contributed by atoms with van der Waals surface area (Å²) in [4.78, 5) is 0. The third-order valence-electron chi connectivity index (χ3n) is 2.21. The van der Waals surface area contributed by atoms with Crippen LogP contribution in [-0.2, 0) is 0 Å². The molecule has 19 heavy (non-hydrogen) atoms. The van der Waals surface area contributed by atoms with Gasteiger partial charge in [0, 0.05) is 11.8 Å². The predicted molar refractivity (Wildman–Crippen MR) is 80.1 cm³/mol. The van der Waals surface area contributed by atoms with Gasteiger partial charge in [-0.05, 0) is 34.1 Å². The monoisotopic (exact) mass is 383 g/mol. The fourth-order valence-corrected chi connectivity index (χ4v) is 2.67. The van der Waals surface area contributed by atoms with Gasteiger partial charge in [-0.2, -0.15) is 0 Å². The number of benzene rings is 2. The first-order valence-electron chi connectivity index (χ1n) is 4.95. The fourth-order valence-electron chi connectivity index (χ4n) is 1.37. The van der Waals surface area contributed by atoms with Crippen LogP contribution in [0.1, 0.15) is 0 Å². The van der Waals surface area contributed by atoms with Crippen molar-refractivity contribution in [2.75, 3.05) is 5.73 Å². The molecule has 7 heteroatoms. The fraction of sp³-hybridized carbons (Fsp3) is 0. The SMILES string of the molecule is Nc1cc(Cl)c(Oc2cc(F)c(Cl)cc2Br)c(Cl)c1. The van der Waals surface area contributed by atoms with E-state index in [1.165, 1.54) is 18.2 Å². The smallest absolute Gasteiger partial charge is 0.164 e. The predicted octanol–water partition coefficient (Wildman–Crippen LogP) is 5.92. The highest BCUT2D eigenvalue weighted by atomic mass is 79.9. The van der Waals surface area contributed by atoms with Gasteiger partial charge in [0.15, 0.2) is 5.75 Å². The highest BCUT2D eigenvalue weighted by Gasteiger charge is 2.14. The number of nitrogens with two attached hydrogens (primary N) is 1. The first kappa shape index (κ1) is 14.7.